The van der Waals surface area contributed by atoms with E-state index >= 15 is 0 Å². The minimum Gasteiger partial charge on any atom is -0.395 e. The highest BCUT2D eigenvalue weighted by atomic mass is 35.5. The summed E-state index contributed by atoms with van der Waals surface area (Å²) in [4.78, 5) is 13.3. The summed E-state index contributed by atoms with van der Waals surface area (Å²) in [7, 11) is 0. The Balaban J connectivity index is 2.36. The van der Waals surface area contributed by atoms with Gasteiger partial charge in [0.1, 0.15) is 5.37 Å². The molecule has 0 aliphatic carbocycles. The van der Waals surface area contributed by atoms with E-state index in [9.17, 15) is 4.79 Å². The summed E-state index contributed by atoms with van der Waals surface area (Å²) in [6.07, 6.45) is 0. The van der Waals surface area contributed by atoms with Gasteiger partial charge in [-0.15, -0.1) is 11.8 Å². The topological polar surface area (TPSA) is 40.5 Å². The van der Waals surface area contributed by atoms with Crippen molar-refractivity contribution in [1.82, 2.24) is 4.90 Å². The highest BCUT2D eigenvalue weighted by Gasteiger charge is 2.34. The molecule has 1 saturated heterocycles. The first kappa shape index (κ1) is 13.0. The van der Waals surface area contributed by atoms with Gasteiger partial charge in [-0.2, -0.15) is 0 Å². The van der Waals surface area contributed by atoms with Crippen LogP contribution in [0.1, 0.15) is 10.9 Å². The van der Waals surface area contributed by atoms with E-state index in [0.29, 0.717) is 22.3 Å². The maximum absolute atomic E-state index is 11.7. The number of β-amino-alcohol motifs (C(OH)–C–C–N with tert-alkyl or cyclic N) is 1. The van der Waals surface area contributed by atoms with Crippen molar-refractivity contribution in [2.24, 2.45) is 0 Å². The van der Waals surface area contributed by atoms with E-state index in [1.165, 1.54) is 11.8 Å². The van der Waals surface area contributed by atoms with Crippen molar-refractivity contribution in [2.75, 3.05) is 18.9 Å². The van der Waals surface area contributed by atoms with Gasteiger partial charge >= 0.3 is 0 Å². The van der Waals surface area contributed by atoms with Crippen molar-refractivity contribution in [3.05, 3.63) is 33.8 Å². The lowest BCUT2D eigenvalue weighted by Crippen LogP contribution is -2.31. The first-order valence-corrected chi connectivity index (χ1v) is 6.91. The van der Waals surface area contributed by atoms with Crippen LogP contribution in [0.25, 0.3) is 0 Å². The molecule has 1 unspecified atom stereocenters. The van der Waals surface area contributed by atoms with Crippen LogP contribution in [0.4, 0.5) is 0 Å². The normalized spacial score (nSPS) is 20.1. The van der Waals surface area contributed by atoms with E-state index in [1.54, 1.807) is 23.1 Å². The second-order valence-electron chi connectivity index (χ2n) is 3.61. The van der Waals surface area contributed by atoms with Crippen molar-refractivity contribution >= 4 is 40.9 Å². The van der Waals surface area contributed by atoms with E-state index in [4.69, 9.17) is 28.3 Å². The van der Waals surface area contributed by atoms with Crippen molar-refractivity contribution in [1.29, 1.82) is 0 Å². The average Bonchev–Trinajstić information content (AvgIpc) is 2.62. The number of carbonyl (C=O) groups excluding carboxylic acids is 1. The number of hydrogen-bond donors (Lipinski definition) is 1. The molecule has 1 N–H and O–H groups in total. The van der Waals surface area contributed by atoms with Gasteiger partial charge in [0.15, 0.2) is 0 Å². The van der Waals surface area contributed by atoms with E-state index in [0.717, 1.165) is 5.56 Å². The Morgan fingerprint density at radius 3 is 2.65 bits per heavy atom. The summed E-state index contributed by atoms with van der Waals surface area (Å²) in [5, 5.41) is 9.88. The number of rotatable bonds is 3. The molecular weight excluding hydrogens is 281 g/mol. The summed E-state index contributed by atoms with van der Waals surface area (Å²) >= 11 is 13.7. The molecule has 0 spiro atoms. The smallest absolute Gasteiger partial charge is 0.233 e. The SMILES string of the molecule is O=C1CSC(c2c(Cl)cccc2Cl)N1CCO. The molecule has 2 rings (SSSR count). The number of aliphatic hydroxyl groups is 1. The molecule has 1 aliphatic heterocycles. The monoisotopic (exact) mass is 291 g/mol. The van der Waals surface area contributed by atoms with Crippen LogP contribution in [0, 0.1) is 0 Å². The molecule has 6 heteroatoms. The lowest BCUT2D eigenvalue weighted by Gasteiger charge is -2.24. The molecule has 92 valence electrons. The third-order valence-electron chi connectivity index (χ3n) is 2.56. The minimum atomic E-state index is -0.198. The first-order valence-electron chi connectivity index (χ1n) is 5.11. The van der Waals surface area contributed by atoms with Gasteiger partial charge in [-0.1, -0.05) is 29.3 Å². The highest BCUT2D eigenvalue weighted by molar-refractivity contribution is 8.00. The first-order chi connectivity index (χ1) is 8.15. The van der Waals surface area contributed by atoms with Crippen molar-refractivity contribution in [3.8, 4) is 0 Å². The van der Waals surface area contributed by atoms with Crippen LogP contribution in [-0.2, 0) is 4.79 Å². The van der Waals surface area contributed by atoms with Crippen LogP contribution in [0.15, 0.2) is 18.2 Å². The predicted molar refractivity (Wildman–Crippen MR) is 70.5 cm³/mol. The number of amides is 1. The minimum absolute atomic E-state index is 0.00466. The third kappa shape index (κ3) is 2.55. The quantitative estimate of drug-likeness (QED) is 0.930. The maximum atomic E-state index is 11.7. The Morgan fingerprint density at radius 2 is 2.06 bits per heavy atom. The molecule has 1 aromatic carbocycles. The molecule has 1 aliphatic rings. The molecule has 3 nitrogen and oxygen atoms in total. The Hall–Kier alpha value is -0.420. The zero-order chi connectivity index (χ0) is 12.4. The predicted octanol–water partition coefficient (Wildman–Crippen LogP) is 2.56. The van der Waals surface area contributed by atoms with E-state index in [2.05, 4.69) is 0 Å². The molecule has 0 bridgehead atoms. The Labute approximate surface area is 114 Å². The van der Waals surface area contributed by atoms with Gasteiger partial charge in [0.05, 0.1) is 12.4 Å². The van der Waals surface area contributed by atoms with Crippen LogP contribution in [0.3, 0.4) is 0 Å². The molecule has 1 amide bonds. The van der Waals surface area contributed by atoms with Gasteiger partial charge in [0.25, 0.3) is 0 Å². The Bertz CT molecular complexity index is 421. The standard InChI is InChI=1S/C11H11Cl2NO2S/c12-7-2-1-3-8(13)10(7)11-14(4-5-15)9(16)6-17-11/h1-3,11,15H,4-6H2. The van der Waals surface area contributed by atoms with Gasteiger partial charge in [-0.05, 0) is 12.1 Å². The van der Waals surface area contributed by atoms with E-state index in [1.807, 2.05) is 0 Å². The summed E-state index contributed by atoms with van der Waals surface area (Å²) in [5.74, 6) is 0.400. The molecule has 0 saturated carbocycles. The van der Waals surface area contributed by atoms with Crippen molar-refractivity contribution in [2.45, 2.75) is 5.37 Å². The second-order valence-corrected chi connectivity index (χ2v) is 5.49. The van der Waals surface area contributed by atoms with Crippen LogP contribution >= 0.6 is 35.0 Å². The number of benzene rings is 1. The van der Waals surface area contributed by atoms with Gasteiger partial charge in [-0.3, -0.25) is 4.79 Å². The molecule has 1 heterocycles. The van der Waals surface area contributed by atoms with Crippen LogP contribution in [-0.4, -0.2) is 34.8 Å². The number of thioether (sulfide) groups is 1. The molecular formula is C11H11Cl2NO2S. The van der Waals surface area contributed by atoms with Gasteiger partial charge in [-0.25, -0.2) is 0 Å². The van der Waals surface area contributed by atoms with Crippen LogP contribution < -0.4 is 0 Å². The molecule has 0 aromatic heterocycles. The van der Waals surface area contributed by atoms with Crippen molar-refractivity contribution in [3.63, 3.8) is 0 Å². The number of hydrogen-bond acceptors (Lipinski definition) is 3. The molecule has 17 heavy (non-hydrogen) atoms. The maximum Gasteiger partial charge on any atom is 0.233 e. The largest absolute Gasteiger partial charge is 0.395 e. The van der Waals surface area contributed by atoms with Gasteiger partial charge < -0.3 is 10.0 Å². The molecule has 0 radical (unpaired) electrons. The zero-order valence-electron chi connectivity index (χ0n) is 8.90. The van der Waals surface area contributed by atoms with Crippen molar-refractivity contribution < 1.29 is 9.90 Å². The fourth-order valence-corrected chi connectivity index (χ4v) is 3.81. The molecule has 1 fully saturated rings. The second kappa shape index (κ2) is 5.48. The van der Waals surface area contributed by atoms with Crippen LogP contribution in [0.5, 0.6) is 0 Å². The highest BCUT2D eigenvalue weighted by Crippen LogP contribution is 2.44. The average molecular weight is 292 g/mol. The number of carbonyl (C=O) groups is 1. The number of nitrogens with zero attached hydrogens (tertiary/aromatic N) is 1. The number of aliphatic hydroxyl groups excluding tert-OH is 1. The summed E-state index contributed by atoms with van der Waals surface area (Å²) < 4.78 is 0. The number of halogens is 2. The Morgan fingerprint density at radius 1 is 1.41 bits per heavy atom. The summed E-state index contributed by atoms with van der Waals surface area (Å²) in [6, 6.07) is 5.28. The Kier molecular flexibility index (Phi) is 4.20. The zero-order valence-corrected chi connectivity index (χ0v) is 11.2. The third-order valence-corrected chi connectivity index (χ3v) is 4.43. The fourth-order valence-electron chi connectivity index (χ4n) is 1.79. The molecule has 1 atom stereocenters. The summed E-state index contributed by atoms with van der Waals surface area (Å²) in [5.41, 5.74) is 0.750. The molecule has 1 aromatic rings. The lowest BCUT2D eigenvalue weighted by molar-refractivity contribution is -0.128. The van der Waals surface area contributed by atoms with E-state index < -0.39 is 0 Å². The van der Waals surface area contributed by atoms with Gasteiger partial charge in [0.2, 0.25) is 5.91 Å². The van der Waals surface area contributed by atoms with Gasteiger partial charge in [0, 0.05) is 22.2 Å². The van der Waals surface area contributed by atoms with Crippen LogP contribution in [0.2, 0.25) is 10.0 Å². The lowest BCUT2D eigenvalue weighted by atomic mass is 10.2. The fraction of sp³-hybridized carbons (Fsp3) is 0.364. The summed E-state index contributed by atoms with van der Waals surface area (Å²) in [6.45, 7) is 0.239. The van der Waals surface area contributed by atoms with E-state index in [-0.39, 0.29) is 17.9 Å².